The molecule has 17 N–H and O–H groups in total. The first-order valence-corrected chi connectivity index (χ1v) is 14.2. The van der Waals surface area contributed by atoms with Crippen molar-refractivity contribution >= 4 is 5.91 Å². The molecule has 0 aromatic carbocycles. The third-order valence-electron chi connectivity index (χ3n) is 8.52. The molecule has 19 heteroatoms. The number of fused-ring (bicyclic) bond motifs is 1. The van der Waals surface area contributed by atoms with E-state index in [1.807, 2.05) is 0 Å². The van der Waals surface area contributed by atoms with Crippen molar-refractivity contribution in [2.75, 3.05) is 20.2 Å². The molecule has 4 fully saturated rings. The predicted molar refractivity (Wildman–Crippen MR) is 142 cm³/mol. The molecule has 1 saturated carbocycles. The summed E-state index contributed by atoms with van der Waals surface area (Å²) >= 11 is 0. The first-order valence-electron chi connectivity index (χ1n) is 14.2. The van der Waals surface area contributed by atoms with E-state index in [4.69, 9.17) is 46.6 Å². The Hall–Kier alpha value is -1.21. The molecule has 4 aliphatic rings. The zero-order chi connectivity index (χ0) is 31.7. The van der Waals surface area contributed by atoms with E-state index in [0.29, 0.717) is 0 Å². The van der Waals surface area contributed by atoms with Crippen molar-refractivity contribution in [3.05, 3.63) is 0 Å². The molecule has 250 valence electrons. The number of aliphatic hydroxyl groups is 7. The third-order valence-corrected chi connectivity index (χ3v) is 8.52. The van der Waals surface area contributed by atoms with Crippen molar-refractivity contribution in [1.82, 2.24) is 10.6 Å². The highest BCUT2D eigenvalue weighted by Crippen LogP contribution is 2.35. The number of likely N-dealkylation sites (N-methyl/N-ethyl adjacent to an activating group) is 1. The zero-order valence-electron chi connectivity index (χ0n) is 23.6. The largest absolute Gasteiger partial charge is 0.394 e. The van der Waals surface area contributed by atoms with Crippen LogP contribution in [-0.4, -0.2) is 172 Å². The van der Waals surface area contributed by atoms with E-state index >= 15 is 0 Å². The van der Waals surface area contributed by atoms with Gasteiger partial charge in [-0.1, -0.05) is 0 Å². The van der Waals surface area contributed by atoms with Gasteiger partial charge in [-0.3, -0.25) is 4.79 Å². The number of hydrogen-bond acceptors (Lipinski definition) is 18. The minimum atomic E-state index is -1.75. The van der Waals surface area contributed by atoms with Crippen molar-refractivity contribution in [2.45, 2.75) is 123 Å². The van der Waals surface area contributed by atoms with Crippen LogP contribution in [0.15, 0.2) is 0 Å². The Morgan fingerprint density at radius 1 is 0.837 bits per heavy atom. The summed E-state index contributed by atoms with van der Waals surface area (Å²) in [7, 11) is 1.51. The fourth-order valence-corrected chi connectivity index (χ4v) is 5.97. The molecule has 18 atom stereocenters. The highest BCUT2D eigenvalue weighted by molar-refractivity contribution is 5.81. The second-order valence-electron chi connectivity index (χ2n) is 11.5. The predicted octanol–water partition coefficient (Wildman–Crippen LogP) is -8.47. The van der Waals surface area contributed by atoms with Crippen LogP contribution in [0.3, 0.4) is 0 Å². The molecule has 3 heterocycles. The highest BCUT2D eigenvalue weighted by Gasteiger charge is 2.54. The maximum Gasteiger partial charge on any atom is 0.250 e. The van der Waals surface area contributed by atoms with Crippen LogP contribution in [0.1, 0.15) is 12.8 Å². The summed E-state index contributed by atoms with van der Waals surface area (Å²) in [6, 6.07) is -4.55. The van der Waals surface area contributed by atoms with Gasteiger partial charge in [0.15, 0.2) is 18.9 Å². The summed E-state index contributed by atoms with van der Waals surface area (Å²) in [5.41, 5.74) is 23.5. The van der Waals surface area contributed by atoms with Crippen LogP contribution in [0.5, 0.6) is 0 Å². The molecule has 0 bridgehead atoms. The average molecular weight is 627 g/mol. The number of carbonyl (C=O) groups is 1. The van der Waals surface area contributed by atoms with Crippen LogP contribution in [0, 0.1) is 0 Å². The number of rotatable bonds is 9. The molecule has 1 aliphatic carbocycles. The standard InChI is InChI=1S/C24H46N6O13/c1-29-13-16(35)20-10(3-8(28)22(42-20)41-19-7(27)2-6(26)14(33)17(19)36)39-23(13)43-24-18(37)15(34)12(11(5-31)40-24)30-21(38)9(32)4-25/h6-20,22-24,29,31-37H,2-5,25-28H2,1H3,(H,30,38)/t6-,7?,8?,9+,10+,11?,12-,13?,14?,15-,16?,17-,18?,19-,20?,22+,23?,24-/m1/s1. The van der Waals surface area contributed by atoms with Crippen molar-refractivity contribution in [3.8, 4) is 0 Å². The summed E-state index contributed by atoms with van der Waals surface area (Å²) in [5.74, 6) is -0.934. The first kappa shape index (κ1) is 34.7. The molecule has 3 aliphatic heterocycles. The Bertz CT molecular complexity index is 925. The molecule has 3 saturated heterocycles. The van der Waals surface area contributed by atoms with E-state index < -0.39 is 129 Å². The minimum absolute atomic E-state index is 0.0936. The lowest BCUT2D eigenvalue weighted by atomic mass is 9.84. The molecule has 0 radical (unpaired) electrons. The lowest BCUT2D eigenvalue weighted by Crippen LogP contribution is -2.70. The van der Waals surface area contributed by atoms with E-state index in [0.717, 1.165) is 0 Å². The first-order chi connectivity index (χ1) is 20.3. The Balaban J connectivity index is 1.42. The monoisotopic (exact) mass is 626 g/mol. The van der Waals surface area contributed by atoms with Gasteiger partial charge in [0.25, 0.3) is 5.91 Å². The van der Waals surface area contributed by atoms with Gasteiger partial charge >= 0.3 is 0 Å². The van der Waals surface area contributed by atoms with Gasteiger partial charge in [-0.05, 0) is 19.9 Å². The Labute approximate surface area is 247 Å². The quantitative estimate of drug-likeness (QED) is 0.113. The second kappa shape index (κ2) is 14.5. The molecular weight excluding hydrogens is 580 g/mol. The van der Waals surface area contributed by atoms with E-state index in [1.165, 1.54) is 7.05 Å². The molecule has 1 amide bonds. The molecule has 4 rings (SSSR count). The number of aliphatic hydroxyl groups excluding tert-OH is 7. The average Bonchev–Trinajstić information content (AvgIpc) is 2.97. The summed E-state index contributed by atoms with van der Waals surface area (Å²) in [5, 5.41) is 78.0. The minimum Gasteiger partial charge on any atom is -0.394 e. The van der Waals surface area contributed by atoms with Gasteiger partial charge in [0, 0.05) is 18.6 Å². The van der Waals surface area contributed by atoms with Crippen molar-refractivity contribution in [2.24, 2.45) is 22.9 Å². The lowest BCUT2D eigenvalue weighted by Gasteiger charge is -2.51. The van der Waals surface area contributed by atoms with E-state index in [2.05, 4.69) is 10.6 Å². The van der Waals surface area contributed by atoms with Crippen LogP contribution in [-0.2, 0) is 28.5 Å². The maximum atomic E-state index is 12.1. The van der Waals surface area contributed by atoms with Crippen molar-refractivity contribution in [3.63, 3.8) is 0 Å². The topological polar surface area (TPSA) is 333 Å². The zero-order valence-corrected chi connectivity index (χ0v) is 23.6. The van der Waals surface area contributed by atoms with Crippen LogP contribution >= 0.6 is 0 Å². The van der Waals surface area contributed by atoms with Crippen LogP contribution in [0.25, 0.3) is 0 Å². The van der Waals surface area contributed by atoms with Gasteiger partial charge in [-0.2, -0.15) is 0 Å². The van der Waals surface area contributed by atoms with E-state index in [1.54, 1.807) is 0 Å². The number of nitrogens with two attached hydrogens (primary N) is 4. The van der Waals surface area contributed by atoms with Gasteiger partial charge in [0.2, 0.25) is 0 Å². The SMILES string of the molecule is CNC1C(O[C@H]2OC(CO)[C@@H](NC(=O)[C@@H](O)CN)[C@@H](O)C2O)O[C@H]2CC(N)[C@@H](O[C@@H]3C(N)C[C@@H](N)C(O)[C@H]3O)OC2C1O. The molecule has 0 aromatic rings. The van der Waals surface area contributed by atoms with Gasteiger partial charge in [0.1, 0.15) is 48.8 Å². The summed E-state index contributed by atoms with van der Waals surface area (Å²) in [6.07, 6.45) is -16.8. The van der Waals surface area contributed by atoms with Crippen LogP contribution in [0.2, 0.25) is 0 Å². The van der Waals surface area contributed by atoms with Crippen LogP contribution < -0.4 is 33.6 Å². The maximum absolute atomic E-state index is 12.1. The summed E-state index contributed by atoms with van der Waals surface area (Å²) < 4.78 is 29.4. The fourth-order valence-electron chi connectivity index (χ4n) is 5.97. The molecule has 0 spiro atoms. The van der Waals surface area contributed by atoms with Gasteiger partial charge in [0.05, 0.1) is 36.9 Å². The molecule has 43 heavy (non-hydrogen) atoms. The number of amides is 1. The highest BCUT2D eigenvalue weighted by atomic mass is 16.8. The van der Waals surface area contributed by atoms with Gasteiger partial charge < -0.3 is 93.0 Å². The van der Waals surface area contributed by atoms with E-state index in [-0.39, 0.29) is 12.8 Å². The Kier molecular flexibility index (Phi) is 11.7. The Morgan fingerprint density at radius 3 is 2.16 bits per heavy atom. The summed E-state index contributed by atoms with van der Waals surface area (Å²) in [6.45, 7) is -1.09. The molecule has 0 aromatic heterocycles. The molecule has 19 nitrogen and oxygen atoms in total. The Morgan fingerprint density at radius 2 is 1.53 bits per heavy atom. The van der Waals surface area contributed by atoms with Gasteiger partial charge in [-0.15, -0.1) is 0 Å². The van der Waals surface area contributed by atoms with Gasteiger partial charge in [-0.25, -0.2) is 0 Å². The number of ether oxygens (including phenoxy) is 5. The van der Waals surface area contributed by atoms with E-state index in [9.17, 15) is 40.5 Å². The normalized spacial score (nSPS) is 49.6. The number of hydrogen-bond donors (Lipinski definition) is 13. The van der Waals surface area contributed by atoms with Crippen molar-refractivity contribution < 1.29 is 64.2 Å². The molecule has 9 unspecified atom stereocenters. The molecular formula is C24H46N6O13. The van der Waals surface area contributed by atoms with Crippen molar-refractivity contribution in [1.29, 1.82) is 0 Å². The summed E-state index contributed by atoms with van der Waals surface area (Å²) in [4.78, 5) is 12.1. The fraction of sp³-hybridized carbons (Fsp3) is 0.958. The van der Waals surface area contributed by atoms with Crippen LogP contribution in [0.4, 0.5) is 0 Å². The number of nitrogens with one attached hydrogen (secondary N) is 2. The smallest absolute Gasteiger partial charge is 0.250 e. The lowest BCUT2D eigenvalue weighted by molar-refractivity contribution is -0.373. The second-order valence-corrected chi connectivity index (χ2v) is 11.5. The third kappa shape index (κ3) is 7.13. The number of carbonyl (C=O) groups excluding carboxylic acids is 1.